The molecule has 2 aliphatic rings. The van der Waals surface area contributed by atoms with Gasteiger partial charge in [-0.15, -0.1) is 0 Å². The van der Waals surface area contributed by atoms with Crippen LogP contribution in [0.4, 0.5) is 0 Å². The number of hydrogen-bond acceptors (Lipinski definition) is 1. The zero-order valence-corrected chi connectivity index (χ0v) is 17.8. The largest absolute Gasteiger partial charge is 0.458 e. The number of hydrogen-bond donors (Lipinski definition) is 0. The van der Waals surface area contributed by atoms with Gasteiger partial charge in [-0.05, 0) is 51.8 Å². The summed E-state index contributed by atoms with van der Waals surface area (Å²) in [4.78, 5) is 0. The Morgan fingerprint density at radius 2 is 1.33 bits per heavy atom. The lowest BCUT2D eigenvalue weighted by molar-refractivity contribution is 0.487. The number of ether oxygens (including phenoxy) is 1. The molecule has 0 spiro atoms. The van der Waals surface area contributed by atoms with Gasteiger partial charge in [-0.3, -0.25) is 0 Å². The van der Waals surface area contributed by atoms with Crippen LogP contribution in [0.3, 0.4) is 0 Å². The third-order valence-corrected chi connectivity index (χ3v) is 7.24. The third-order valence-electron chi connectivity index (χ3n) is 7.24. The standard InChI is InChI=1S/C30H18BNO/c1-2-9-19(10-3-1)20-17-26-29-28(18-20)33-27-16-7-5-13-23(27)31(29)24-14-8-12-22-21-11-4-6-15-25(21)32(26)30(22)24/h1-18H. The van der Waals surface area contributed by atoms with E-state index in [0.29, 0.717) is 0 Å². The van der Waals surface area contributed by atoms with E-state index in [2.05, 4.69) is 114 Å². The van der Waals surface area contributed by atoms with E-state index in [9.17, 15) is 0 Å². The lowest BCUT2D eigenvalue weighted by Gasteiger charge is -2.33. The van der Waals surface area contributed by atoms with Crippen LogP contribution < -0.4 is 21.1 Å². The van der Waals surface area contributed by atoms with Crippen LogP contribution >= 0.6 is 0 Å². The molecule has 0 amide bonds. The SMILES string of the molecule is c1ccc(-c2cc3c4c(c2)-n2c5ccccc5c5cccc(c52)B4c2ccccc2O3)cc1. The van der Waals surface area contributed by atoms with Crippen LogP contribution in [0.1, 0.15) is 0 Å². The van der Waals surface area contributed by atoms with Crippen molar-refractivity contribution in [1.29, 1.82) is 0 Å². The first-order chi connectivity index (χ1) is 16.4. The van der Waals surface area contributed by atoms with E-state index in [1.807, 2.05) is 0 Å². The quantitative estimate of drug-likeness (QED) is 0.326. The van der Waals surface area contributed by atoms with Gasteiger partial charge >= 0.3 is 0 Å². The minimum Gasteiger partial charge on any atom is -0.458 e. The molecule has 2 aliphatic heterocycles. The van der Waals surface area contributed by atoms with Crippen molar-refractivity contribution in [2.75, 3.05) is 0 Å². The van der Waals surface area contributed by atoms with Gasteiger partial charge in [0.15, 0.2) is 0 Å². The first-order valence-corrected chi connectivity index (χ1v) is 11.4. The van der Waals surface area contributed by atoms with Crippen LogP contribution in [0.5, 0.6) is 11.5 Å². The van der Waals surface area contributed by atoms with Gasteiger partial charge in [-0.25, -0.2) is 0 Å². The third kappa shape index (κ3) is 2.19. The fourth-order valence-electron chi connectivity index (χ4n) is 5.91. The summed E-state index contributed by atoms with van der Waals surface area (Å²) in [6.07, 6.45) is 0. The summed E-state index contributed by atoms with van der Waals surface area (Å²) < 4.78 is 9.03. The van der Waals surface area contributed by atoms with Gasteiger partial charge in [0.1, 0.15) is 11.5 Å². The molecule has 0 saturated heterocycles. The van der Waals surface area contributed by atoms with Crippen molar-refractivity contribution in [2.45, 2.75) is 0 Å². The van der Waals surface area contributed by atoms with E-state index < -0.39 is 0 Å². The summed E-state index contributed by atoms with van der Waals surface area (Å²) in [6, 6.07) is 39.2. The molecular formula is C30H18BNO. The van der Waals surface area contributed by atoms with E-state index >= 15 is 0 Å². The van der Waals surface area contributed by atoms with Crippen molar-refractivity contribution >= 4 is 44.9 Å². The van der Waals surface area contributed by atoms with Crippen molar-refractivity contribution in [1.82, 2.24) is 4.57 Å². The fraction of sp³-hybridized carbons (Fsp3) is 0. The van der Waals surface area contributed by atoms with Crippen molar-refractivity contribution in [3.05, 3.63) is 109 Å². The van der Waals surface area contributed by atoms with Crippen LogP contribution in [0.25, 0.3) is 38.6 Å². The maximum Gasteiger partial charge on any atom is 0.256 e. The minimum atomic E-state index is 0.158. The molecular weight excluding hydrogens is 401 g/mol. The fourth-order valence-corrected chi connectivity index (χ4v) is 5.91. The number of fused-ring (bicyclic) bond motifs is 7. The summed E-state index contributed by atoms with van der Waals surface area (Å²) >= 11 is 0. The second-order valence-electron chi connectivity index (χ2n) is 8.94. The Bertz CT molecular complexity index is 1750. The molecule has 0 saturated carbocycles. The normalized spacial score (nSPS) is 13.0. The Hall–Kier alpha value is -4.24. The molecule has 0 atom stereocenters. The maximum atomic E-state index is 6.57. The molecule has 0 bridgehead atoms. The van der Waals surface area contributed by atoms with Gasteiger partial charge < -0.3 is 9.30 Å². The minimum absolute atomic E-state index is 0.158. The smallest absolute Gasteiger partial charge is 0.256 e. The maximum absolute atomic E-state index is 6.57. The van der Waals surface area contributed by atoms with Crippen LogP contribution in [-0.4, -0.2) is 11.3 Å². The highest BCUT2D eigenvalue weighted by Crippen LogP contribution is 2.39. The molecule has 0 radical (unpaired) electrons. The first-order valence-electron chi connectivity index (χ1n) is 11.4. The van der Waals surface area contributed by atoms with Crippen LogP contribution in [0, 0.1) is 0 Å². The summed E-state index contributed by atoms with van der Waals surface area (Å²) in [5.41, 5.74) is 9.98. The Balaban J connectivity index is 1.58. The molecule has 3 heteroatoms. The molecule has 8 rings (SSSR count). The molecule has 1 aromatic heterocycles. The predicted molar refractivity (Wildman–Crippen MR) is 137 cm³/mol. The Morgan fingerprint density at radius 1 is 0.576 bits per heavy atom. The molecule has 5 aromatic carbocycles. The topological polar surface area (TPSA) is 14.2 Å². The highest BCUT2D eigenvalue weighted by Gasteiger charge is 2.40. The van der Waals surface area contributed by atoms with E-state index in [0.717, 1.165) is 11.5 Å². The lowest BCUT2D eigenvalue weighted by atomic mass is 9.34. The summed E-state index contributed by atoms with van der Waals surface area (Å²) in [7, 11) is 0. The predicted octanol–water partition coefficient (Wildman–Crippen LogP) is 5.39. The molecule has 2 nitrogen and oxygen atoms in total. The molecule has 152 valence electrons. The summed E-state index contributed by atoms with van der Waals surface area (Å²) in [5, 5.41) is 2.60. The van der Waals surface area contributed by atoms with Gasteiger partial charge in [0.05, 0.1) is 5.52 Å². The summed E-state index contributed by atoms with van der Waals surface area (Å²) in [6.45, 7) is 0.158. The van der Waals surface area contributed by atoms with Crippen molar-refractivity contribution in [3.8, 4) is 28.3 Å². The van der Waals surface area contributed by atoms with Crippen molar-refractivity contribution in [3.63, 3.8) is 0 Å². The lowest BCUT2D eigenvalue weighted by Crippen LogP contribution is -2.58. The molecule has 3 heterocycles. The molecule has 0 unspecified atom stereocenters. The zero-order chi connectivity index (χ0) is 21.5. The number of aromatic nitrogens is 1. The first kappa shape index (κ1) is 17.3. The molecule has 0 fully saturated rings. The van der Waals surface area contributed by atoms with Gasteiger partial charge in [-0.1, -0.05) is 84.9 Å². The summed E-state index contributed by atoms with van der Waals surface area (Å²) in [5.74, 6) is 1.91. The van der Waals surface area contributed by atoms with Crippen LogP contribution in [0.2, 0.25) is 0 Å². The number of nitrogens with zero attached hydrogens (tertiary/aromatic N) is 1. The van der Waals surface area contributed by atoms with Gasteiger partial charge in [0, 0.05) is 22.0 Å². The van der Waals surface area contributed by atoms with Crippen molar-refractivity contribution in [2.24, 2.45) is 0 Å². The monoisotopic (exact) mass is 419 g/mol. The molecule has 0 aliphatic carbocycles. The Labute approximate surface area is 191 Å². The molecule has 6 aromatic rings. The Kier molecular flexibility index (Phi) is 3.24. The second kappa shape index (κ2) is 6.17. The van der Waals surface area contributed by atoms with Gasteiger partial charge in [0.25, 0.3) is 6.71 Å². The Morgan fingerprint density at radius 3 is 2.27 bits per heavy atom. The molecule has 0 N–H and O–H groups in total. The van der Waals surface area contributed by atoms with Crippen molar-refractivity contribution < 1.29 is 4.74 Å². The average Bonchev–Trinajstić information content (AvgIpc) is 3.22. The molecule has 33 heavy (non-hydrogen) atoms. The van der Waals surface area contributed by atoms with Crippen LogP contribution in [0.15, 0.2) is 109 Å². The second-order valence-corrected chi connectivity index (χ2v) is 8.94. The van der Waals surface area contributed by atoms with Gasteiger partial charge in [-0.2, -0.15) is 0 Å². The van der Waals surface area contributed by atoms with E-state index in [1.165, 1.54) is 55.0 Å². The number of rotatable bonds is 1. The van der Waals surface area contributed by atoms with Gasteiger partial charge in [0.2, 0.25) is 0 Å². The van der Waals surface area contributed by atoms with Crippen LogP contribution in [-0.2, 0) is 0 Å². The number of para-hydroxylation sites is 3. The highest BCUT2D eigenvalue weighted by molar-refractivity contribution is 6.99. The highest BCUT2D eigenvalue weighted by atomic mass is 16.5. The van der Waals surface area contributed by atoms with E-state index in [-0.39, 0.29) is 6.71 Å². The van der Waals surface area contributed by atoms with E-state index in [4.69, 9.17) is 4.74 Å². The number of benzene rings is 5. The average molecular weight is 419 g/mol. The van der Waals surface area contributed by atoms with E-state index in [1.54, 1.807) is 0 Å². The zero-order valence-electron chi connectivity index (χ0n) is 17.8.